The second-order valence-electron chi connectivity index (χ2n) is 3.00. The average Bonchev–Trinajstić information content (AvgIpc) is 2.11. The third kappa shape index (κ3) is 2.61. The van der Waals surface area contributed by atoms with Crippen LogP contribution in [-0.4, -0.2) is 11.3 Å². The average molecular weight is 200 g/mol. The van der Waals surface area contributed by atoms with Crippen LogP contribution in [-0.2, 0) is 0 Å². The summed E-state index contributed by atoms with van der Waals surface area (Å²) < 4.78 is 0. The van der Waals surface area contributed by atoms with Crippen molar-refractivity contribution in [2.24, 2.45) is 0 Å². The molecule has 0 bridgehead atoms. The highest BCUT2D eigenvalue weighted by atomic mass is 35.5. The molecule has 2 N–H and O–H groups in total. The van der Waals surface area contributed by atoms with Crippen LogP contribution >= 0.6 is 11.6 Å². The third-order valence-corrected chi connectivity index (χ3v) is 2.23. The van der Waals surface area contributed by atoms with Gasteiger partial charge in [-0.2, -0.15) is 0 Å². The Kier molecular flexibility index (Phi) is 3.58. The van der Waals surface area contributed by atoms with E-state index in [2.05, 4.69) is 5.32 Å². The molecule has 0 aromatic heterocycles. The Morgan fingerprint density at radius 2 is 2.23 bits per heavy atom. The number of hydrogen-bond acceptors (Lipinski definition) is 2. The van der Waals surface area contributed by atoms with Gasteiger partial charge in [0.15, 0.2) is 0 Å². The Labute approximate surface area is 83.5 Å². The lowest BCUT2D eigenvalue weighted by atomic mass is 10.2. The van der Waals surface area contributed by atoms with Gasteiger partial charge in [0.1, 0.15) is 6.23 Å². The minimum Gasteiger partial charge on any atom is -0.374 e. The van der Waals surface area contributed by atoms with Gasteiger partial charge in [0, 0.05) is 0 Å². The van der Waals surface area contributed by atoms with Crippen LogP contribution in [0.3, 0.4) is 0 Å². The number of aliphatic hydroxyl groups is 1. The number of anilines is 1. The van der Waals surface area contributed by atoms with Gasteiger partial charge in [-0.15, -0.1) is 0 Å². The lowest BCUT2D eigenvalue weighted by molar-refractivity contribution is 0.199. The molecule has 0 fully saturated rings. The molecule has 0 aliphatic carbocycles. The van der Waals surface area contributed by atoms with Crippen LogP contribution in [0.2, 0.25) is 5.02 Å². The number of aliphatic hydroxyl groups excluding tert-OH is 1. The second kappa shape index (κ2) is 4.49. The lowest BCUT2D eigenvalue weighted by Crippen LogP contribution is -2.17. The summed E-state index contributed by atoms with van der Waals surface area (Å²) in [6.07, 6.45) is 0.128. The maximum atomic E-state index is 9.39. The van der Waals surface area contributed by atoms with E-state index in [1.54, 1.807) is 6.07 Å². The largest absolute Gasteiger partial charge is 0.374 e. The van der Waals surface area contributed by atoms with Gasteiger partial charge < -0.3 is 10.4 Å². The van der Waals surface area contributed by atoms with Gasteiger partial charge in [-0.3, -0.25) is 0 Å². The topological polar surface area (TPSA) is 32.3 Å². The monoisotopic (exact) mass is 199 g/mol. The zero-order chi connectivity index (χ0) is 9.84. The molecule has 0 spiro atoms. The smallest absolute Gasteiger partial charge is 0.124 e. The molecule has 13 heavy (non-hydrogen) atoms. The van der Waals surface area contributed by atoms with Crippen LogP contribution < -0.4 is 5.32 Å². The molecule has 0 aliphatic heterocycles. The fourth-order valence-corrected chi connectivity index (χ4v) is 1.36. The van der Waals surface area contributed by atoms with E-state index < -0.39 is 6.23 Å². The molecule has 0 radical (unpaired) electrons. The van der Waals surface area contributed by atoms with Crippen molar-refractivity contribution in [2.75, 3.05) is 5.32 Å². The van der Waals surface area contributed by atoms with Gasteiger partial charge in [0.2, 0.25) is 0 Å². The molecule has 3 heteroatoms. The number of para-hydroxylation sites is 1. The predicted octanol–water partition coefficient (Wildman–Crippen LogP) is 2.79. The maximum Gasteiger partial charge on any atom is 0.124 e. The molecule has 1 atom stereocenters. The van der Waals surface area contributed by atoms with Crippen molar-refractivity contribution >= 4 is 17.3 Å². The van der Waals surface area contributed by atoms with E-state index in [9.17, 15) is 5.11 Å². The molecule has 2 nitrogen and oxygen atoms in total. The molecule has 0 saturated carbocycles. The first-order valence-electron chi connectivity index (χ1n) is 4.35. The zero-order valence-corrected chi connectivity index (χ0v) is 8.60. The summed E-state index contributed by atoms with van der Waals surface area (Å²) >= 11 is 5.96. The molecule has 1 unspecified atom stereocenters. The minimum absolute atomic E-state index is 0.529. The summed E-state index contributed by atoms with van der Waals surface area (Å²) in [6, 6.07) is 5.65. The molecule has 0 aliphatic rings. The van der Waals surface area contributed by atoms with Crippen molar-refractivity contribution < 1.29 is 5.11 Å². The Morgan fingerprint density at radius 3 is 2.77 bits per heavy atom. The standard InChI is InChI=1S/C10H14ClNO/c1-3-9(13)12-10-7(2)5-4-6-8(10)11/h4-6,9,12-13H,3H2,1-2H3. The van der Waals surface area contributed by atoms with E-state index in [0.29, 0.717) is 11.4 Å². The van der Waals surface area contributed by atoms with Crippen LogP contribution in [0.1, 0.15) is 18.9 Å². The Bertz CT molecular complexity index is 268. The van der Waals surface area contributed by atoms with Crippen LogP contribution in [0.5, 0.6) is 0 Å². The number of hydrogen-bond donors (Lipinski definition) is 2. The van der Waals surface area contributed by atoms with E-state index >= 15 is 0 Å². The molecular weight excluding hydrogens is 186 g/mol. The molecule has 1 aromatic carbocycles. The molecule has 0 saturated heterocycles. The summed E-state index contributed by atoms with van der Waals surface area (Å²) in [6.45, 7) is 3.86. The summed E-state index contributed by atoms with van der Waals surface area (Å²) in [7, 11) is 0. The fraction of sp³-hybridized carbons (Fsp3) is 0.400. The van der Waals surface area contributed by atoms with Gasteiger partial charge in [0.05, 0.1) is 10.7 Å². The maximum absolute atomic E-state index is 9.39. The quantitative estimate of drug-likeness (QED) is 0.734. The Hall–Kier alpha value is -0.730. The van der Waals surface area contributed by atoms with Crippen molar-refractivity contribution in [3.05, 3.63) is 28.8 Å². The van der Waals surface area contributed by atoms with Crippen molar-refractivity contribution in [3.8, 4) is 0 Å². The van der Waals surface area contributed by atoms with Gasteiger partial charge in [-0.05, 0) is 25.0 Å². The van der Waals surface area contributed by atoms with Crippen molar-refractivity contribution in [3.63, 3.8) is 0 Å². The van der Waals surface area contributed by atoms with E-state index in [1.807, 2.05) is 26.0 Å². The highest BCUT2D eigenvalue weighted by Gasteiger charge is 2.06. The van der Waals surface area contributed by atoms with E-state index in [1.165, 1.54) is 0 Å². The Balaban J connectivity index is 2.87. The van der Waals surface area contributed by atoms with E-state index in [-0.39, 0.29) is 0 Å². The first-order valence-corrected chi connectivity index (χ1v) is 4.72. The van der Waals surface area contributed by atoms with Crippen molar-refractivity contribution in [1.29, 1.82) is 0 Å². The number of rotatable bonds is 3. The van der Waals surface area contributed by atoms with E-state index in [0.717, 1.165) is 11.3 Å². The fourth-order valence-electron chi connectivity index (χ4n) is 1.08. The van der Waals surface area contributed by atoms with Crippen molar-refractivity contribution in [1.82, 2.24) is 0 Å². The predicted molar refractivity (Wildman–Crippen MR) is 56.1 cm³/mol. The van der Waals surface area contributed by atoms with E-state index in [4.69, 9.17) is 11.6 Å². The third-order valence-electron chi connectivity index (χ3n) is 1.92. The SMILES string of the molecule is CCC(O)Nc1c(C)cccc1Cl. The van der Waals surface area contributed by atoms with Crippen molar-refractivity contribution in [2.45, 2.75) is 26.5 Å². The highest BCUT2D eigenvalue weighted by molar-refractivity contribution is 6.33. The summed E-state index contributed by atoms with van der Waals surface area (Å²) in [5.41, 5.74) is 1.86. The lowest BCUT2D eigenvalue weighted by Gasteiger charge is -2.15. The van der Waals surface area contributed by atoms with Gasteiger partial charge >= 0.3 is 0 Å². The van der Waals surface area contributed by atoms with Gasteiger partial charge in [0.25, 0.3) is 0 Å². The second-order valence-corrected chi connectivity index (χ2v) is 3.41. The van der Waals surface area contributed by atoms with Crippen LogP contribution in [0.25, 0.3) is 0 Å². The normalized spacial score (nSPS) is 12.6. The minimum atomic E-state index is -0.529. The van der Waals surface area contributed by atoms with Crippen LogP contribution in [0.15, 0.2) is 18.2 Å². The molecular formula is C10H14ClNO. The zero-order valence-electron chi connectivity index (χ0n) is 7.84. The summed E-state index contributed by atoms with van der Waals surface area (Å²) in [4.78, 5) is 0. The highest BCUT2D eigenvalue weighted by Crippen LogP contribution is 2.25. The van der Waals surface area contributed by atoms with Crippen LogP contribution in [0, 0.1) is 6.92 Å². The molecule has 1 aromatic rings. The molecule has 1 rings (SSSR count). The van der Waals surface area contributed by atoms with Gasteiger partial charge in [-0.1, -0.05) is 30.7 Å². The number of aryl methyl sites for hydroxylation is 1. The number of benzene rings is 1. The number of halogens is 1. The van der Waals surface area contributed by atoms with Gasteiger partial charge in [-0.25, -0.2) is 0 Å². The molecule has 72 valence electrons. The number of nitrogens with one attached hydrogen (secondary N) is 1. The summed E-state index contributed by atoms with van der Waals surface area (Å²) in [5.74, 6) is 0. The summed E-state index contributed by atoms with van der Waals surface area (Å²) in [5, 5.41) is 13.0. The molecule has 0 heterocycles. The molecule has 0 amide bonds. The Morgan fingerprint density at radius 1 is 1.54 bits per heavy atom. The first-order chi connectivity index (χ1) is 6.15. The first kappa shape index (κ1) is 10.4. The van der Waals surface area contributed by atoms with Crippen LogP contribution in [0.4, 0.5) is 5.69 Å².